The molecule has 1 atom stereocenters. The van der Waals surface area contributed by atoms with Crippen LogP contribution in [0.15, 0.2) is 0 Å². The van der Waals surface area contributed by atoms with E-state index in [4.69, 9.17) is 0 Å². The summed E-state index contributed by atoms with van der Waals surface area (Å²) in [5.74, 6) is -0.918. The zero-order valence-electron chi connectivity index (χ0n) is 8.56. The number of carbonyl (C=O) groups excluding carboxylic acids is 1. The first kappa shape index (κ1) is 11.0. The lowest BCUT2D eigenvalue weighted by Gasteiger charge is -2.42. The van der Waals surface area contributed by atoms with E-state index in [1.165, 1.54) is 11.9 Å². The average molecular weight is 200 g/mol. The third kappa shape index (κ3) is 1.72. The molecule has 1 aliphatic heterocycles. The maximum absolute atomic E-state index is 11.2. The molecule has 1 amide bonds. The summed E-state index contributed by atoms with van der Waals surface area (Å²) in [6.07, 6.45) is 1.93. The number of aliphatic carboxylic acids is 1. The molecule has 0 bridgehead atoms. The number of nitrogens with zero attached hydrogens (tertiary/aromatic N) is 2. The largest absolute Gasteiger partial charge is 0.479 e. The molecule has 0 aromatic carbocycles. The number of hydrogen-bond acceptors (Lipinski definition) is 3. The molecule has 1 N–H and O–H groups in total. The van der Waals surface area contributed by atoms with Gasteiger partial charge in [-0.1, -0.05) is 0 Å². The first-order valence-electron chi connectivity index (χ1n) is 4.63. The van der Waals surface area contributed by atoms with Gasteiger partial charge in [0.1, 0.15) is 0 Å². The zero-order valence-corrected chi connectivity index (χ0v) is 8.56. The smallest absolute Gasteiger partial charge is 0.330 e. The molecule has 0 aliphatic carbocycles. The molecule has 5 nitrogen and oxygen atoms in total. The summed E-state index contributed by atoms with van der Waals surface area (Å²) in [6, 6.07) is 0. The molecule has 1 aliphatic rings. The van der Waals surface area contributed by atoms with Crippen molar-refractivity contribution in [1.29, 1.82) is 0 Å². The lowest BCUT2D eigenvalue weighted by atomic mass is 9.88. The topological polar surface area (TPSA) is 60.9 Å². The Balaban J connectivity index is 2.91. The number of hydrogen-bond donors (Lipinski definition) is 1. The second kappa shape index (κ2) is 3.96. The summed E-state index contributed by atoms with van der Waals surface area (Å²) in [6.45, 7) is 1.29. The Morgan fingerprint density at radius 3 is 2.71 bits per heavy atom. The third-order valence-electron chi connectivity index (χ3n) is 2.89. The van der Waals surface area contributed by atoms with Crippen molar-refractivity contribution in [2.45, 2.75) is 18.4 Å². The first-order chi connectivity index (χ1) is 6.53. The van der Waals surface area contributed by atoms with Crippen LogP contribution in [-0.4, -0.2) is 60.0 Å². The van der Waals surface area contributed by atoms with Crippen LogP contribution < -0.4 is 0 Å². The summed E-state index contributed by atoms with van der Waals surface area (Å²) in [7, 11) is 3.40. The van der Waals surface area contributed by atoms with Crippen molar-refractivity contribution in [3.63, 3.8) is 0 Å². The van der Waals surface area contributed by atoms with E-state index in [1.54, 1.807) is 0 Å². The fraction of sp³-hybridized carbons (Fsp3) is 0.778. The molecule has 1 unspecified atom stereocenters. The Morgan fingerprint density at radius 1 is 1.64 bits per heavy atom. The molecule has 1 fully saturated rings. The Labute approximate surface area is 83.3 Å². The second-order valence-electron chi connectivity index (χ2n) is 3.89. The highest BCUT2D eigenvalue weighted by Crippen LogP contribution is 2.25. The van der Waals surface area contributed by atoms with Crippen molar-refractivity contribution < 1.29 is 14.7 Å². The van der Waals surface area contributed by atoms with Gasteiger partial charge >= 0.3 is 5.97 Å². The van der Waals surface area contributed by atoms with Crippen molar-refractivity contribution in [2.75, 3.05) is 27.2 Å². The normalized spacial score (nSPS) is 28.4. The molecular formula is C9H16N2O3. The van der Waals surface area contributed by atoms with Crippen LogP contribution in [0.2, 0.25) is 0 Å². The van der Waals surface area contributed by atoms with Gasteiger partial charge in [-0.05, 0) is 26.4 Å². The molecule has 1 rings (SSSR count). The van der Waals surface area contributed by atoms with Crippen LogP contribution >= 0.6 is 0 Å². The number of likely N-dealkylation sites (N-methyl/N-ethyl adjacent to an activating group) is 2. The average Bonchev–Trinajstić information content (AvgIpc) is 2.16. The van der Waals surface area contributed by atoms with Crippen molar-refractivity contribution in [2.24, 2.45) is 0 Å². The van der Waals surface area contributed by atoms with Gasteiger partial charge in [0.2, 0.25) is 6.41 Å². The highest BCUT2D eigenvalue weighted by atomic mass is 16.4. The summed E-state index contributed by atoms with van der Waals surface area (Å²) in [5, 5.41) is 9.18. The number of piperidine rings is 1. The Hall–Kier alpha value is -1.10. The summed E-state index contributed by atoms with van der Waals surface area (Å²) >= 11 is 0. The van der Waals surface area contributed by atoms with Crippen molar-refractivity contribution in [3.8, 4) is 0 Å². The highest BCUT2D eigenvalue weighted by Gasteiger charge is 2.44. The maximum Gasteiger partial charge on any atom is 0.330 e. The van der Waals surface area contributed by atoms with E-state index in [1.807, 2.05) is 11.9 Å². The van der Waals surface area contributed by atoms with E-state index >= 15 is 0 Å². The summed E-state index contributed by atoms with van der Waals surface area (Å²) < 4.78 is 0. The van der Waals surface area contributed by atoms with Gasteiger partial charge in [0.15, 0.2) is 5.54 Å². The molecule has 1 saturated heterocycles. The lowest BCUT2D eigenvalue weighted by molar-refractivity contribution is -0.157. The van der Waals surface area contributed by atoms with Crippen LogP contribution in [0.3, 0.4) is 0 Å². The van der Waals surface area contributed by atoms with Gasteiger partial charge in [-0.2, -0.15) is 0 Å². The van der Waals surface area contributed by atoms with Gasteiger partial charge in [0.25, 0.3) is 0 Å². The molecule has 0 saturated carbocycles. The minimum atomic E-state index is -1.03. The standard InChI is InChI=1S/C9H16N2O3/c1-10-5-3-4-9(6-10,8(13)14)11(2)7-12/h7H,3-6H2,1-2H3,(H,13,14). The fourth-order valence-electron chi connectivity index (χ4n) is 1.96. The van der Waals surface area contributed by atoms with Gasteiger partial charge in [-0.15, -0.1) is 0 Å². The van der Waals surface area contributed by atoms with Crippen LogP contribution in [0.4, 0.5) is 0 Å². The molecule has 0 radical (unpaired) electrons. The second-order valence-corrected chi connectivity index (χ2v) is 3.89. The van der Waals surface area contributed by atoms with Crippen LogP contribution in [0.25, 0.3) is 0 Å². The predicted octanol–water partition coefficient (Wildman–Crippen LogP) is -0.376. The van der Waals surface area contributed by atoms with E-state index in [-0.39, 0.29) is 0 Å². The number of likely N-dealkylation sites (tertiary alicyclic amines) is 1. The third-order valence-corrected chi connectivity index (χ3v) is 2.89. The van der Waals surface area contributed by atoms with Gasteiger partial charge in [-0.3, -0.25) is 4.79 Å². The predicted molar refractivity (Wildman–Crippen MR) is 50.9 cm³/mol. The van der Waals surface area contributed by atoms with E-state index in [2.05, 4.69) is 0 Å². The van der Waals surface area contributed by atoms with Gasteiger partial charge in [0.05, 0.1) is 0 Å². The number of carboxylic acids is 1. The SMILES string of the molecule is CN1CCCC(C(=O)O)(N(C)C=O)C1. The van der Waals surface area contributed by atoms with E-state index in [0.717, 1.165) is 13.0 Å². The number of carbonyl (C=O) groups is 2. The van der Waals surface area contributed by atoms with E-state index in [9.17, 15) is 14.7 Å². The molecule has 14 heavy (non-hydrogen) atoms. The monoisotopic (exact) mass is 200 g/mol. The van der Waals surface area contributed by atoms with Crippen LogP contribution in [0.5, 0.6) is 0 Å². The molecule has 1 heterocycles. The molecule has 0 aromatic rings. The van der Waals surface area contributed by atoms with E-state index < -0.39 is 11.5 Å². The molecule has 0 spiro atoms. The minimum Gasteiger partial charge on any atom is -0.479 e. The maximum atomic E-state index is 11.2. The van der Waals surface area contributed by atoms with Gasteiger partial charge in [-0.25, -0.2) is 4.79 Å². The van der Waals surface area contributed by atoms with Gasteiger partial charge in [0, 0.05) is 13.6 Å². The molecule has 0 aromatic heterocycles. The van der Waals surface area contributed by atoms with Crippen molar-refractivity contribution in [1.82, 2.24) is 9.80 Å². The Morgan fingerprint density at radius 2 is 2.29 bits per heavy atom. The van der Waals surface area contributed by atoms with E-state index in [0.29, 0.717) is 19.4 Å². The van der Waals surface area contributed by atoms with Crippen molar-refractivity contribution >= 4 is 12.4 Å². The zero-order chi connectivity index (χ0) is 10.8. The van der Waals surface area contributed by atoms with Crippen LogP contribution in [0, 0.1) is 0 Å². The lowest BCUT2D eigenvalue weighted by Crippen LogP contribution is -2.61. The number of carboxylic acid groups (broad SMARTS) is 1. The summed E-state index contributed by atoms with van der Waals surface area (Å²) in [5.41, 5.74) is -1.03. The first-order valence-corrected chi connectivity index (χ1v) is 4.63. The van der Waals surface area contributed by atoms with Crippen LogP contribution in [-0.2, 0) is 9.59 Å². The molecule has 80 valence electrons. The number of rotatable bonds is 3. The summed E-state index contributed by atoms with van der Waals surface area (Å²) in [4.78, 5) is 25.1. The Kier molecular flexibility index (Phi) is 3.10. The molecular weight excluding hydrogens is 184 g/mol. The minimum absolute atomic E-state index is 0.400. The van der Waals surface area contributed by atoms with Gasteiger partial charge < -0.3 is 14.9 Å². The molecule has 5 heteroatoms. The number of amides is 1. The highest BCUT2D eigenvalue weighted by molar-refractivity contribution is 5.82. The quantitative estimate of drug-likeness (QED) is 0.631. The Bertz CT molecular complexity index is 244. The fourth-order valence-corrected chi connectivity index (χ4v) is 1.96. The van der Waals surface area contributed by atoms with Crippen molar-refractivity contribution in [3.05, 3.63) is 0 Å². The van der Waals surface area contributed by atoms with Crippen LogP contribution in [0.1, 0.15) is 12.8 Å².